The lowest BCUT2D eigenvalue weighted by molar-refractivity contribution is 0.402. The van der Waals surface area contributed by atoms with Crippen LogP contribution in [0.4, 0.5) is 0 Å². The summed E-state index contributed by atoms with van der Waals surface area (Å²) in [5, 5.41) is 19.4. The number of guanidine groups is 2. The van der Waals surface area contributed by atoms with E-state index in [1.807, 2.05) is 44.2 Å². The zero-order chi connectivity index (χ0) is 17.5. The largest absolute Gasteiger partial charge is 0.353 e. The molecule has 0 bridgehead atoms. The van der Waals surface area contributed by atoms with Crippen molar-refractivity contribution < 1.29 is 0 Å². The molecule has 1 aliphatic heterocycles. The summed E-state index contributed by atoms with van der Waals surface area (Å²) in [6.07, 6.45) is 1.77. The Hall–Kier alpha value is -2.57. The van der Waals surface area contributed by atoms with Gasteiger partial charge in [0.05, 0.1) is 19.3 Å². The van der Waals surface area contributed by atoms with Crippen molar-refractivity contribution in [2.45, 2.75) is 39.8 Å². The summed E-state index contributed by atoms with van der Waals surface area (Å²) in [6, 6.07) is 10.3. The highest BCUT2D eigenvalue weighted by molar-refractivity contribution is 5.87. The number of benzene rings is 1. The van der Waals surface area contributed by atoms with E-state index in [9.17, 15) is 0 Å². The fraction of sp³-hybridized carbons (Fsp3) is 0.471. The third-order valence-electron chi connectivity index (χ3n) is 3.23. The Morgan fingerprint density at radius 3 is 2.50 bits per heavy atom. The zero-order valence-electron chi connectivity index (χ0n) is 14.8. The molecule has 0 aliphatic carbocycles. The molecule has 1 heterocycles. The van der Waals surface area contributed by atoms with Crippen molar-refractivity contribution in [2.24, 2.45) is 10.1 Å². The first kappa shape index (κ1) is 17.8. The van der Waals surface area contributed by atoms with Crippen molar-refractivity contribution in [3.63, 3.8) is 0 Å². The van der Waals surface area contributed by atoms with Crippen LogP contribution in [0.5, 0.6) is 0 Å². The average Bonchev–Trinajstić information content (AvgIpc) is 2.85. The van der Waals surface area contributed by atoms with E-state index in [0.29, 0.717) is 25.0 Å². The van der Waals surface area contributed by atoms with E-state index in [4.69, 9.17) is 5.41 Å². The Labute approximate surface area is 143 Å². The second-order valence-electron chi connectivity index (χ2n) is 6.24. The van der Waals surface area contributed by atoms with Gasteiger partial charge in [0.15, 0.2) is 0 Å². The number of hydrazine groups is 1. The van der Waals surface area contributed by atoms with Crippen LogP contribution >= 0.6 is 0 Å². The summed E-state index contributed by atoms with van der Waals surface area (Å²) in [6.45, 7) is 9.49. The fourth-order valence-corrected chi connectivity index (χ4v) is 2.20. The smallest absolute Gasteiger partial charge is 0.233 e. The van der Waals surface area contributed by atoms with Gasteiger partial charge in [0.2, 0.25) is 11.9 Å². The number of aliphatic imine (C=N–C) groups is 1. The van der Waals surface area contributed by atoms with Crippen LogP contribution in [-0.2, 0) is 0 Å². The van der Waals surface area contributed by atoms with Gasteiger partial charge in [-0.3, -0.25) is 15.8 Å². The molecule has 0 radical (unpaired) electrons. The molecule has 3 N–H and O–H groups in total. The molecule has 1 aromatic rings. The van der Waals surface area contributed by atoms with E-state index in [2.05, 4.69) is 34.7 Å². The predicted octanol–water partition coefficient (Wildman–Crippen LogP) is 1.84. The van der Waals surface area contributed by atoms with Gasteiger partial charge >= 0.3 is 0 Å². The molecule has 0 aromatic heterocycles. The number of nitrogens with one attached hydrogen (secondary N) is 3. The zero-order valence-corrected chi connectivity index (χ0v) is 14.8. The van der Waals surface area contributed by atoms with Gasteiger partial charge in [0.25, 0.3) is 0 Å². The minimum Gasteiger partial charge on any atom is -0.353 e. The van der Waals surface area contributed by atoms with E-state index in [1.165, 1.54) is 0 Å². The number of nitrogens with zero attached hydrogens (tertiary/aromatic N) is 4. The number of hydrogen-bond acceptors (Lipinski definition) is 3. The van der Waals surface area contributed by atoms with Gasteiger partial charge in [0.1, 0.15) is 0 Å². The Balaban J connectivity index is 1.98. The summed E-state index contributed by atoms with van der Waals surface area (Å²) in [4.78, 5) is 4.53. The molecule has 0 atom stereocenters. The molecule has 1 saturated heterocycles. The van der Waals surface area contributed by atoms with Crippen LogP contribution in [0.1, 0.15) is 33.3 Å². The van der Waals surface area contributed by atoms with Crippen molar-refractivity contribution in [3.8, 4) is 0 Å². The summed E-state index contributed by atoms with van der Waals surface area (Å²) >= 11 is 0. The average molecular weight is 329 g/mol. The molecular formula is C17H27N7. The summed E-state index contributed by atoms with van der Waals surface area (Å²) < 4.78 is 0. The molecular weight excluding hydrogens is 302 g/mol. The maximum absolute atomic E-state index is 8.28. The highest BCUT2D eigenvalue weighted by atomic mass is 15.7. The minimum atomic E-state index is 0.169. The Morgan fingerprint density at radius 1 is 1.17 bits per heavy atom. The molecule has 130 valence electrons. The molecule has 0 unspecified atom stereocenters. The van der Waals surface area contributed by atoms with Crippen LogP contribution in [0.15, 0.2) is 40.4 Å². The van der Waals surface area contributed by atoms with Crippen molar-refractivity contribution in [1.82, 2.24) is 20.8 Å². The van der Waals surface area contributed by atoms with Gasteiger partial charge in [0, 0.05) is 12.1 Å². The maximum atomic E-state index is 8.28. The van der Waals surface area contributed by atoms with Crippen molar-refractivity contribution >= 4 is 18.1 Å². The van der Waals surface area contributed by atoms with Gasteiger partial charge in [-0.05, 0) is 33.3 Å². The van der Waals surface area contributed by atoms with Crippen LogP contribution in [-0.4, -0.2) is 53.3 Å². The molecule has 1 fully saturated rings. The van der Waals surface area contributed by atoms with Crippen LogP contribution in [0.3, 0.4) is 0 Å². The highest BCUT2D eigenvalue weighted by Crippen LogP contribution is 2.06. The first-order valence-electron chi connectivity index (χ1n) is 8.29. The second kappa shape index (κ2) is 8.33. The third-order valence-corrected chi connectivity index (χ3v) is 3.23. The maximum Gasteiger partial charge on any atom is 0.233 e. The molecule has 0 amide bonds. The number of rotatable bonds is 5. The van der Waals surface area contributed by atoms with Gasteiger partial charge in [-0.25, -0.2) is 10.0 Å². The van der Waals surface area contributed by atoms with Gasteiger partial charge in [-0.2, -0.15) is 5.10 Å². The van der Waals surface area contributed by atoms with Crippen molar-refractivity contribution in [3.05, 3.63) is 35.9 Å². The normalized spacial score (nSPS) is 15.9. The highest BCUT2D eigenvalue weighted by Gasteiger charge is 2.25. The minimum absolute atomic E-state index is 0.169. The quantitative estimate of drug-likeness (QED) is 0.569. The number of hydrogen-bond donors (Lipinski definition) is 3. The molecule has 24 heavy (non-hydrogen) atoms. The Bertz CT molecular complexity index is 592. The van der Waals surface area contributed by atoms with Gasteiger partial charge in [-0.1, -0.05) is 30.3 Å². The van der Waals surface area contributed by atoms with E-state index in [-0.39, 0.29) is 12.1 Å². The monoisotopic (exact) mass is 329 g/mol. The van der Waals surface area contributed by atoms with Crippen LogP contribution < -0.4 is 10.7 Å². The summed E-state index contributed by atoms with van der Waals surface area (Å²) in [7, 11) is 0. The molecule has 1 aromatic carbocycles. The Morgan fingerprint density at radius 2 is 1.88 bits per heavy atom. The standard InChI is InChI=1S/C17H27N7/c1-13(2)20-17(21-14(3)4)22-24-11-10-23(16(24)18)19-12-15-8-6-5-7-9-15/h5-9,12-14,18H,10-11H2,1-4H3,(H2,20,21,22). The number of hydrazone groups is 1. The molecule has 7 heteroatoms. The molecule has 1 aliphatic rings. The Kier molecular flexibility index (Phi) is 6.17. The lowest BCUT2D eigenvalue weighted by Crippen LogP contribution is -2.51. The predicted molar refractivity (Wildman–Crippen MR) is 99.2 cm³/mol. The van der Waals surface area contributed by atoms with Crippen molar-refractivity contribution in [2.75, 3.05) is 13.1 Å². The molecule has 2 rings (SSSR count). The third kappa shape index (κ3) is 5.26. The van der Waals surface area contributed by atoms with E-state index >= 15 is 0 Å². The lowest BCUT2D eigenvalue weighted by Gasteiger charge is -2.24. The van der Waals surface area contributed by atoms with Crippen molar-refractivity contribution in [1.29, 1.82) is 5.41 Å². The van der Waals surface area contributed by atoms with Gasteiger partial charge < -0.3 is 5.32 Å². The fourth-order valence-electron chi connectivity index (χ4n) is 2.20. The summed E-state index contributed by atoms with van der Waals surface area (Å²) in [5.41, 5.74) is 4.20. The SMILES string of the molecule is CC(C)N=C(NC(C)C)NN1CCN(N=Cc2ccccc2)C1=N. The van der Waals surface area contributed by atoms with E-state index in [0.717, 1.165) is 5.56 Å². The first-order valence-corrected chi connectivity index (χ1v) is 8.29. The molecule has 0 saturated carbocycles. The van der Waals surface area contributed by atoms with Crippen LogP contribution in [0.25, 0.3) is 0 Å². The lowest BCUT2D eigenvalue weighted by atomic mass is 10.2. The molecule has 7 nitrogen and oxygen atoms in total. The van der Waals surface area contributed by atoms with Gasteiger partial charge in [-0.15, -0.1) is 0 Å². The van der Waals surface area contributed by atoms with Crippen LogP contribution in [0.2, 0.25) is 0 Å². The van der Waals surface area contributed by atoms with E-state index in [1.54, 1.807) is 16.2 Å². The second-order valence-corrected chi connectivity index (χ2v) is 6.24. The summed E-state index contributed by atoms with van der Waals surface area (Å²) in [5.74, 6) is 0.989. The van der Waals surface area contributed by atoms with Crippen LogP contribution in [0, 0.1) is 5.41 Å². The van der Waals surface area contributed by atoms with E-state index < -0.39 is 0 Å². The molecule has 0 spiro atoms. The topological polar surface area (TPSA) is 79.1 Å². The first-order chi connectivity index (χ1) is 11.5.